The lowest BCUT2D eigenvalue weighted by Crippen LogP contribution is -2.28. The summed E-state index contributed by atoms with van der Waals surface area (Å²) >= 11 is 9.01. The molecule has 0 unspecified atom stereocenters. The Kier molecular flexibility index (Phi) is 6.06. The second-order valence-electron chi connectivity index (χ2n) is 4.62. The fraction of sp³-hybridized carbons (Fsp3) is 0.200. The predicted molar refractivity (Wildman–Crippen MR) is 86.2 cm³/mol. The summed E-state index contributed by atoms with van der Waals surface area (Å²) in [5.74, 6) is -0.386. The van der Waals surface area contributed by atoms with Gasteiger partial charge in [-0.2, -0.15) is 13.2 Å². The number of amides is 1. The largest absolute Gasteiger partial charge is 0.492 e. The number of benzene rings is 1. The van der Waals surface area contributed by atoms with Crippen molar-refractivity contribution < 1.29 is 22.7 Å². The van der Waals surface area contributed by atoms with E-state index >= 15 is 0 Å². The zero-order valence-electron chi connectivity index (χ0n) is 12.0. The smallest absolute Gasteiger partial charge is 0.416 e. The first-order valence-corrected chi connectivity index (χ1v) is 7.84. The summed E-state index contributed by atoms with van der Waals surface area (Å²) in [5, 5.41) is 2.60. The molecule has 0 radical (unpaired) electrons. The summed E-state index contributed by atoms with van der Waals surface area (Å²) in [5.41, 5.74) is -0.610. The van der Waals surface area contributed by atoms with Gasteiger partial charge in [-0.3, -0.25) is 4.79 Å². The van der Waals surface area contributed by atoms with Crippen LogP contribution in [-0.4, -0.2) is 24.0 Å². The number of carbonyl (C=O) groups excluding carboxylic acids is 1. The van der Waals surface area contributed by atoms with Gasteiger partial charge in [0, 0.05) is 10.7 Å². The van der Waals surface area contributed by atoms with Gasteiger partial charge in [0.05, 0.1) is 17.7 Å². The molecule has 4 nitrogen and oxygen atoms in total. The highest BCUT2D eigenvalue weighted by atomic mass is 79.9. The number of nitrogens with one attached hydrogen (secondary N) is 1. The number of rotatable bonds is 5. The molecule has 1 aromatic carbocycles. The molecule has 1 amide bonds. The highest BCUT2D eigenvalue weighted by Gasteiger charge is 2.30. The monoisotopic (exact) mass is 422 g/mol. The molecule has 1 N–H and O–H groups in total. The third-order valence-corrected chi connectivity index (χ3v) is 3.60. The molecule has 24 heavy (non-hydrogen) atoms. The molecule has 1 aromatic heterocycles. The molecule has 0 saturated heterocycles. The summed E-state index contributed by atoms with van der Waals surface area (Å²) in [6.45, 7) is 0.101. The summed E-state index contributed by atoms with van der Waals surface area (Å²) in [6.07, 6.45) is -2.98. The number of halogens is 5. The van der Waals surface area contributed by atoms with Crippen LogP contribution in [0.25, 0.3) is 0 Å². The number of alkyl halides is 3. The van der Waals surface area contributed by atoms with Crippen molar-refractivity contribution in [2.24, 2.45) is 0 Å². The van der Waals surface area contributed by atoms with E-state index in [-0.39, 0.29) is 29.6 Å². The number of aromatic nitrogens is 1. The Bertz CT molecular complexity index is 741. The Balaban J connectivity index is 1.87. The van der Waals surface area contributed by atoms with Gasteiger partial charge < -0.3 is 10.1 Å². The summed E-state index contributed by atoms with van der Waals surface area (Å²) in [7, 11) is 0. The van der Waals surface area contributed by atoms with Crippen molar-refractivity contribution in [1.29, 1.82) is 0 Å². The van der Waals surface area contributed by atoms with Crippen LogP contribution in [0.2, 0.25) is 5.15 Å². The molecular weight excluding hydrogens is 413 g/mol. The highest BCUT2D eigenvalue weighted by molar-refractivity contribution is 9.10. The van der Waals surface area contributed by atoms with Crippen molar-refractivity contribution >= 4 is 33.4 Å². The quantitative estimate of drug-likeness (QED) is 0.575. The standard InChI is InChI=1S/C15H11BrClF3N2O2/c16-10-7-12(13(17)22-8-10)14(23)21-4-5-24-11-3-1-2-9(6-11)15(18,19)20/h1-3,6-8H,4-5H2,(H,21,23). The number of carbonyl (C=O) groups is 1. The van der Waals surface area contributed by atoms with E-state index in [2.05, 4.69) is 26.2 Å². The molecule has 0 fully saturated rings. The maximum atomic E-state index is 12.6. The molecule has 0 bridgehead atoms. The third-order valence-electron chi connectivity index (χ3n) is 2.87. The fourth-order valence-corrected chi connectivity index (χ4v) is 2.29. The Hall–Kier alpha value is -1.80. The molecule has 0 aliphatic heterocycles. The van der Waals surface area contributed by atoms with Gasteiger partial charge in [0.2, 0.25) is 0 Å². The SMILES string of the molecule is O=C(NCCOc1cccc(C(F)(F)F)c1)c1cc(Br)cnc1Cl. The van der Waals surface area contributed by atoms with Gasteiger partial charge in [0.15, 0.2) is 0 Å². The van der Waals surface area contributed by atoms with Crippen LogP contribution in [0.5, 0.6) is 5.75 Å². The van der Waals surface area contributed by atoms with Crippen LogP contribution in [0, 0.1) is 0 Å². The van der Waals surface area contributed by atoms with E-state index in [1.165, 1.54) is 24.4 Å². The maximum Gasteiger partial charge on any atom is 0.416 e. The second-order valence-corrected chi connectivity index (χ2v) is 5.90. The van der Waals surface area contributed by atoms with E-state index in [4.69, 9.17) is 16.3 Å². The molecule has 0 aliphatic rings. The zero-order valence-corrected chi connectivity index (χ0v) is 14.4. The average molecular weight is 424 g/mol. The van der Waals surface area contributed by atoms with Crippen molar-refractivity contribution in [3.05, 3.63) is 57.3 Å². The van der Waals surface area contributed by atoms with Crippen molar-refractivity contribution in [3.8, 4) is 5.75 Å². The molecule has 2 rings (SSSR count). The van der Waals surface area contributed by atoms with E-state index in [1.54, 1.807) is 0 Å². The second kappa shape index (κ2) is 7.85. The Morgan fingerprint density at radius 1 is 1.33 bits per heavy atom. The minimum absolute atomic E-state index is 0.00605. The molecule has 128 valence electrons. The first kappa shape index (κ1) is 18.5. The topological polar surface area (TPSA) is 51.2 Å². The van der Waals surface area contributed by atoms with Crippen molar-refractivity contribution in [1.82, 2.24) is 10.3 Å². The van der Waals surface area contributed by atoms with E-state index in [1.807, 2.05) is 0 Å². The number of hydrogen-bond acceptors (Lipinski definition) is 3. The van der Waals surface area contributed by atoms with Crippen LogP contribution in [0.3, 0.4) is 0 Å². The van der Waals surface area contributed by atoms with Gasteiger partial charge in [-0.1, -0.05) is 17.7 Å². The van der Waals surface area contributed by atoms with Gasteiger partial charge in [-0.15, -0.1) is 0 Å². The van der Waals surface area contributed by atoms with E-state index in [9.17, 15) is 18.0 Å². The lowest BCUT2D eigenvalue weighted by Gasteiger charge is -2.11. The number of hydrogen-bond donors (Lipinski definition) is 1. The first-order chi connectivity index (χ1) is 11.3. The van der Waals surface area contributed by atoms with Crippen LogP contribution < -0.4 is 10.1 Å². The predicted octanol–water partition coefficient (Wildman–Crippen LogP) is 4.33. The van der Waals surface area contributed by atoms with Crippen LogP contribution in [0.4, 0.5) is 13.2 Å². The Labute approximate surface area is 149 Å². The van der Waals surface area contributed by atoms with Gasteiger partial charge in [0.1, 0.15) is 17.5 Å². The Morgan fingerprint density at radius 2 is 2.08 bits per heavy atom. The lowest BCUT2D eigenvalue weighted by molar-refractivity contribution is -0.137. The van der Waals surface area contributed by atoms with E-state index in [0.717, 1.165) is 12.1 Å². The number of ether oxygens (including phenoxy) is 1. The van der Waals surface area contributed by atoms with Crippen molar-refractivity contribution in [2.45, 2.75) is 6.18 Å². The number of pyridine rings is 1. The molecule has 1 heterocycles. The Morgan fingerprint density at radius 3 is 2.79 bits per heavy atom. The summed E-state index contributed by atoms with van der Waals surface area (Å²) < 4.78 is 43.6. The van der Waals surface area contributed by atoms with Crippen molar-refractivity contribution in [2.75, 3.05) is 13.2 Å². The highest BCUT2D eigenvalue weighted by Crippen LogP contribution is 2.31. The lowest BCUT2D eigenvalue weighted by atomic mass is 10.2. The molecule has 0 spiro atoms. The van der Waals surface area contributed by atoms with Crippen LogP contribution in [-0.2, 0) is 6.18 Å². The normalized spacial score (nSPS) is 11.2. The van der Waals surface area contributed by atoms with E-state index in [0.29, 0.717) is 4.47 Å². The maximum absolute atomic E-state index is 12.6. The zero-order chi connectivity index (χ0) is 17.7. The van der Waals surface area contributed by atoms with E-state index < -0.39 is 17.6 Å². The summed E-state index contributed by atoms with van der Waals surface area (Å²) in [6, 6.07) is 6.03. The molecular formula is C15H11BrClF3N2O2. The third kappa shape index (κ3) is 5.10. The first-order valence-electron chi connectivity index (χ1n) is 6.66. The van der Waals surface area contributed by atoms with Gasteiger partial charge in [-0.05, 0) is 40.2 Å². The van der Waals surface area contributed by atoms with Gasteiger partial charge in [0.25, 0.3) is 5.91 Å². The number of nitrogens with zero attached hydrogens (tertiary/aromatic N) is 1. The minimum atomic E-state index is -4.43. The van der Waals surface area contributed by atoms with Crippen LogP contribution in [0.15, 0.2) is 41.0 Å². The molecule has 0 saturated carbocycles. The minimum Gasteiger partial charge on any atom is -0.492 e. The molecule has 0 atom stereocenters. The fourth-order valence-electron chi connectivity index (χ4n) is 1.77. The van der Waals surface area contributed by atoms with Gasteiger partial charge >= 0.3 is 6.18 Å². The molecule has 0 aliphatic carbocycles. The molecule has 9 heteroatoms. The average Bonchev–Trinajstić information content (AvgIpc) is 2.53. The van der Waals surface area contributed by atoms with Crippen LogP contribution >= 0.6 is 27.5 Å². The van der Waals surface area contributed by atoms with Gasteiger partial charge in [-0.25, -0.2) is 4.98 Å². The van der Waals surface area contributed by atoms with Crippen LogP contribution in [0.1, 0.15) is 15.9 Å². The summed E-state index contributed by atoms with van der Waals surface area (Å²) in [4.78, 5) is 15.8. The molecule has 2 aromatic rings. The van der Waals surface area contributed by atoms with Crippen molar-refractivity contribution in [3.63, 3.8) is 0 Å².